The van der Waals surface area contributed by atoms with Crippen LogP contribution in [0, 0.1) is 0 Å². The summed E-state index contributed by atoms with van der Waals surface area (Å²) in [6.07, 6.45) is 3.70. The van der Waals surface area contributed by atoms with Crippen LogP contribution in [0.5, 0.6) is 0 Å². The highest BCUT2D eigenvalue weighted by molar-refractivity contribution is 7.25. The maximum Gasteiger partial charge on any atom is 0.160 e. The Balaban J connectivity index is 1.06. The van der Waals surface area contributed by atoms with Gasteiger partial charge in [0.05, 0.1) is 11.4 Å². The molecule has 0 saturated heterocycles. The molecule has 3 heterocycles. The van der Waals surface area contributed by atoms with Crippen molar-refractivity contribution in [1.82, 2.24) is 15.0 Å². The lowest BCUT2D eigenvalue weighted by Crippen LogP contribution is -1.96. The molecule has 0 atom stereocenters. The van der Waals surface area contributed by atoms with E-state index in [2.05, 4.69) is 175 Å². The molecular weight excluding hydrogens is 687 g/mol. The van der Waals surface area contributed by atoms with Gasteiger partial charge in [-0.15, -0.1) is 11.3 Å². The van der Waals surface area contributed by atoms with Gasteiger partial charge in [-0.3, -0.25) is 4.98 Å². The molecule has 3 aromatic heterocycles. The van der Waals surface area contributed by atoms with Gasteiger partial charge in [0.25, 0.3) is 0 Å². The fourth-order valence-corrected chi connectivity index (χ4v) is 9.14. The standard InChI is InChI=1S/C51H31N3S/c1-2-14-41-39(12-1)40-13-3-4-15-42(40)45-29-36(22-24-43(41)45)48-30-47(53-51(54-48)37-10-7-9-34(27-37)38-11-8-26-52-31-38)33-20-18-32(19-21-33)35-23-25-50-46(28-35)44-16-5-6-17-49(44)55-50/h1-31H. The summed E-state index contributed by atoms with van der Waals surface area (Å²) in [6.45, 7) is 0. The second-order valence-corrected chi connectivity index (χ2v) is 15.1. The minimum atomic E-state index is 0.681. The number of benzene rings is 8. The first-order valence-electron chi connectivity index (χ1n) is 18.5. The molecule has 11 rings (SSSR count). The Morgan fingerprint density at radius 3 is 1.60 bits per heavy atom. The normalized spacial score (nSPS) is 11.6. The van der Waals surface area contributed by atoms with Crippen molar-refractivity contribution in [2.24, 2.45) is 0 Å². The molecule has 55 heavy (non-hydrogen) atoms. The second kappa shape index (κ2) is 12.8. The molecule has 0 radical (unpaired) electrons. The summed E-state index contributed by atoms with van der Waals surface area (Å²) in [6, 6.07) is 63.1. The van der Waals surface area contributed by atoms with E-state index >= 15 is 0 Å². The quantitative estimate of drug-likeness (QED) is 0.166. The third kappa shape index (κ3) is 5.46. The van der Waals surface area contributed by atoms with E-state index in [9.17, 15) is 0 Å². The maximum absolute atomic E-state index is 5.27. The molecule has 0 fully saturated rings. The molecule has 0 unspecified atom stereocenters. The molecule has 0 bridgehead atoms. The van der Waals surface area contributed by atoms with Crippen molar-refractivity contribution >= 4 is 63.8 Å². The molecule has 8 aromatic carbocycles. The molecule has 3 nitrogen and oxygen atoms in total. The van der Waals surface area contributed by atoms with Gasteiger partial charge >= 0.3 is 0 Å². The minimum Gasteiger partial charge on any atom is -0.264 e. The predicted molar refractivity (Wildman–Crippen MR) is 232 cm³/mol. The monoisotopic (exact) mass is 717 g/mol. The highest BCUT2D eigenvalue weighted by Gasteiger charge is 2.15. The fourth-order valence-electron chi connectivity index (χ4n) is 8.05. The number of pyridine rings is 1. The lowest BCUT2D eigenvalue weighted by molar-refractivity contribution is 1.18. The summed E-state index contributed by atoms with van der Waals surface area (Å²) in [5.74, 6) is 0.681. The van der Waals surface area contributed by atoms with E-state index in [1.54, 1.807) is 6.20 Å². The van der Waals surface area contributed by atoms with Gasteiger partial charge in [0.1, 0.15) is 0 Å². The molecule has 0 saturated carbocycles. The lowest BCUT2D eigenvalue weighted by Gasteiger charge is -2.13. The molecule has 0 amide bonds. The van der Waals surface area contributed by atoms with Gasteiger partial charge in [0.15, 0.2) is 5.82 Å². The van der Waals surface area contributed by atoms with Crippen molar-refractivity contribution < 1.29 is 0 Å². The second-order valence-electron chi connectivity index (χ2n) is 14.0. The largest absolute Gasteiger partial charge is 0.264 e. The Labute approximate surface area is 321 Å². The van der Waals surface area contributed by atoms with Crippen molar-refractivity contribution in [1.29, 1.82) is 0 Å². The van der Waals surface area contributed by atoms with Gasteiger partial charge in [-0.2, -0.15) is 0 Å². The van der Waals surface area contributed by atoms with E-state index in [0.717, 1.165) is 39.2 Å². The van der Waals surface area contributed by atoms with Gasteiger partial charge < -0.3 is 0 Å². The van der Waals surface area contributed by atoms with Crippen LogP contribution in [0.2, 0.25) is 0 Å². The molecule has 11 aromatic rings. The molecule has 0 aliphatic heterocycles. The van der Waals surface area contributed by atoms with Gasteiger partial charge in [0, 0.05) is 54.8 Å². The Morgan fingerprint density at radius 1 is 0.309 bits per heavy atom. The number of rotatable bonds is 5. The van der Waals surface area contributed by atoms with Crippen LogP contribution in [-0.4, -0.2) is 15.0 Å². The van der Waals surface area contributed by atoms with E-state index in [1.807, 2.05) is 23.6 Å². The summed E-state index contributed by atoms with van der Waals surface area (Å²) in [7, 11) is 0. The van der Waals surface area contributed by atoms with E-state index in [-0.39, 0.29) is 0 Å². The van der Waals surface area contributed by atoms with E-state index < -0.39 is 0 Å². The molecule has 0 aliphatic carbocycles. The van der Waals surface area contributed by atoms with E-state index in [1.165, 1.54) is 63.6 Å². The van der Waals surface area contributed by atoms with Crippen LogP contribution in [0.25, 0.3) is 109 Å². The average molecular weight is 718 g/mol. The first kappa shape index (κ1) is 31.5. The first-order chi connectivity index (χ1) is 27.2. The number of hydrogen-bond donors (Lipinski definition) is 0. The van der Waals surface area contributed by atoms with Crippen LogP contribution in [0.3, 0.4) is 0 Å². The first-order valence-corrected chi connectivity index (χ1v) is 19.3. The van der Waals surface area contributed by atoms with E-state index in [0.29, 0.717) is 5.82 Å². The van der Waals surface area contributed by atoms with Crippen molar-refractivity contribution in [3.05, 3.63) is 188 Å². The number of fused-ring (bicyclic) bond motifs is 9. The van der Waals surface area contributed by atoms with Crippen molar-refractivity contribution in [3.63, 3.8) is 0 Å². The van der Waals surface area contributed by atoms with Crippen LogP contribution >= 0.6 is 11.3 Å². The summed E-state index contributed by atoms with van der Waals surface area (Å²) >= 11 is 1.85. The van der Waals surface area contributed by atoms with Crippen LogP contribution in [0.4, 0.5) is 0 Å². The SMILES string of the molecule is c1cncc(-c2cccc(-c3nc(-c4ccc(-c5ccc6sc7ccccc7c6c5)cc4)cc(-c4ccc5c6ccccc6c6ccccc6c5c4)n3)c2)c1. The third-order valence-corrected chi connectivity index (χ3v) is 11.9. The van der Waals surface area contributed by atoms with Crippen LogP contribution in [-0.2, 0) is 0 Å². The Hall–Kier alpha value is -7.01. The summed E-state index contributed by atoms with van der Waals surface area (Å²) in [5, 5.41) is 10.1. The lowest BCUT2D eigenvalue weighted by atomic mass is 9.92. The Kier molecular flexibility index (Phi) is 7.35. The summed E-state index contributed by atoms with van der Waals surface area (Å²) in [4.78, 5) is 14.9. The van der Waals surface area contributed by atoms with Gasteiger partial charge in [-0.1, -0.05) is 133 Å². The number of nitrogens with zero attached hydrogens (tertiary/aromatic N) is 3. The summed E-state index contributed by atoms with van der Waals surface area (Å²) < 4.78 is 2.63. The molecule has 4 heteroatoms. The van der Waals surface area contributed by atoms with Crippen molar-refractivity contribution in [2.45, 2.75) is 0 Å². The zero-order chi connectivity index (χ0) is 36.3. The van der Waals surface area contributed by atoms with Crippen LogP contribution in [0.15, 0.2) is 188 Å². The average Bonchev–Trinajstić information content (AvgIpc) is 3.65. The fraction of sp³-hybridized carbons (Fsp3) is 0. The van der Waals surface area contributed by atoms with Gasteiger partial charge in [0.2, 0.25) is 0 Å². The number of aromatic nitrogens is 3. The van der Waals surface area contributed by atoms with Crippen LogP contribution in [0.1, 0.15) is 0 Å². The maximum atomic E-state index is 5.27. The number of hydrogen-bond acceptors (Lipinski definition) is 4. The van der Waals surface area contributed by atoms with Gasteiger partial charge in [-0.05, 0) is 91.5 Å². The zero-order valence-corrected chi connectivity index (χ0v) is 30.5. The highest BCUT2D eigenvalue weighted by atomic mass is 32.1. The molecular formula is C51H31N3S. The topological polar surface area (TPSA) is 38.7 Å². The molecule has 256 valence electrons. The molecule has 0 N–H and O–H groups in total. The summed E-state index contributed by atoms with van der Waals surface area (Å²) in [5.41, 5.74) is 9.30. The van der Waals surface area contributed by atoms with Crippen LogP contribution < -0.4 is 0 Å². The highest BCUT2D eigenvalue weighted by Crippen LogP contribution is 2.39. The van der Waals surface area contributed by atoms with Gasteiger partial charge in [-0.25, -0.2) is 9.97 Å². The number of thiophene rings is 1. The molecule has 0 aliphatic rings. The zero-order valence-electron chi connectivity index (χ0n) is 29.6. The minimum absolute atomic E-state index is 0.681. The van der Waals surface area contributed by atoms with Crippen molar-refractivity contribution in [2.75, 3.05) is 0 Å². The Bertz CT molecular complexity index is 3220. The van der Waals surface area contributed by atoms with E-state index in [4.69, 9.17) is 9.97 Å². The predicted octanol–water partition coefficient (Wildman–Crippen LogP) is 14.0. The third-order valence-electron chi connectivity index (χ3n) is 10.8. The molecule has 0 spiro atoms. The smallest absolute Gasteiger partial charge is 0.160 e. The Morgan fingerprint density at radius 2 is 0.855 bits per heavy atom. The van der Waals surface area contributed by atoms with Crippen molar-refractivity contribution in [3.8, 4) is 56.2 Å².